The van der Waals surface area contributed by atoms with Gasteiger partial charge in [0.2, 0.25) is 0 Å². The first-order valence-corrected chi connectivity index (χ1v) is 7.43. The van der Waals surface area contributed by atoms with Crippen molar-refractivity contribution in [1.29, 1.82) is 0 Å². The number of nitrogens with two attached hydrogens (primary N) is 1. The van der Waals surface area contributed by atoms with Gasteiger partial charge in [-0.05, 0) is 48.1 Å². The minimum Gasteiger partial charge on any atom is -0.325 e. The standard InChI is InChI=1S/C17H16N4O/c18-7-16-15-6-11(3-4-14(15)17(22)21-20-16)13-5-12(8-19-9-13)10-1-2-10/h3-6,8-10H,1-2,7,18H2,(H,21,22). The summed E-state index contributed by atoms with van der Waals surface area (Å²) in [4.78, 5) is 16.2. The second kappa shape index (κ2) is 5.03. The fourth-order valence-electron chi connectivity index (χ4n) is 2.81. The van der Waals surface area contributed by atoms with E-state index in [0.717, 1.165) is 16.5 Å². The molecule has 110 valence electrons. The molecule has 4 rings (SSSR count). The number of H-pyrrole nitrogens is 1. The number of nitrogens with one attached hydrogen (secondary N) is 1. The first-order chi connectivity index (χ1) is 10.8. The average Bonchev–Trinajstić information content (AvgIpc) is 3.40. The van der Waals surface area contributed by atoms with Gasteiger partial charge in [0.15, 0.2) is 0 Å². The topological polar surface area (TPSA) is 84.7 Å². The van der Waals surface area contributed by atoms with E-state index in [2.05, 4.69) is 21.2 Å². The van der Waals surface area contributed by atoms with E-state index >= 15 is 0 Å². The predicted octanol–water partition coefficient (Wildman–Crippen LogP) is 2.32. The summed E-state index contributed by atoms with van der Waals surface area (Å²) in [5.41, 5.74) is 9.62. The molecule has 0 atom stereocenters. The summed E-state index contributed by atoms with van der Waals surface area (Å²) >= 11 is 0. The summed E-state index contributed by atoms with van der Waals surface area (Å²) in [5.74, 6) is 0.664. The molecule has 0 aliphatic heterocycles. The van der Waals surface area contributed by atoms with Crippen LogP contribution in [-0.4, -0.2) is 15.2 Å². The number of nitrogens with zero attached hydrogens (tertiary/aromatic N) is 2. The lowest BCUT2D eigenvalue weighted by Crippen LogP contribution is -2.13. The van der Waals surface area contributed by atoms with Gasteiger partial charge in [-0.2, -0.15) is 5.10 Å². The van der Waals surface area contributed by atoms with Crippen molar-refractivity contribution in [3.05, 3.63) is 58.3 Å². The molecule has 0 radical (unpaired) electrons. The van der Waals surface area contributed by atoms with Crippen LogP contribution in [0.15, 0.2) is 41.5 Å². The van der Waals surface area contributed by atoms with E-state index in [9.17, 15) is 4.79 Å². The van der Waals surface area contributed by atoms with E-state index in [1.54, 1.807) is 0 Å². The molecule has 0 amide bonds. The van der Waals surface area contributed by atoms with E-state index in [0.29, 0.717) is 17.0 Å². The van der Waals surface area contributed by atoms with Crippen molar-refractivity contribution in [2.45, 2.75) is 25.3 Å². The fourth-order valence-corrected chi connectivity index (χ4v) is 2.81. The van der Waals surface area contributed by atoms with E-state index in [-0.39, 0.29) is 12.1 Å². The normalized spacial score (nSPS) is 14.4. The lowest BCUT2D eigenvalue weighted by molar-refractivity contribution is 0.900. The maximum Gasteiger partial charge on any atom is 0.272 e. The largest absolute Gasteiger partial charge is 0.325 e. The molecule has 1 aliphatic carbocycles. The zero-order chi connectivity index (χ0) is 15.1. The van der Waals surface area contributed by atoms with Crippen LogP contribution in [-0.2, 0) is 6.54 Å². The van der Waals surface area contributed by atoms with Crippen LogP contribution in [0.4, 0.5) is 0 Å². The van der Waals surface area contributed by atoms with Gasteiger partial charge in [0, 0.05) is 29.9 Å². The molecule has 0 unspecified atom stereocenters. The maximum absolute atomic E-state index is 11.9. The highest BCUT2D eigenvalue weighted by molar-refractivity contribution is 5.88. The molecule has 1 fully saturated rings. The van der Waals surface area contributed by atoms with Gasteiger partial charge >= 0.3 is 0 Å². The molecule has 0 spiro atoms. The van der Waals surface area contributed by atoms with Crippen molar-refractivity contribution in [1.82, 2.24) is 15.2 Å². The van der Waals surface area contributed by atoms with Crippen LogP contribution in [0.25, 0.3) is 21.9 Å². The minimum absolute atomic E-state index is 0.191. The van der Waals surface area contributed by atoms with Gasteiger partial charge in [0.1, 0.15) is 0 Å². The monoisotopic (exact) mass is 292 g/mol. The zero-order valence-electron chi connectivity index (χ0n) is 12.0. The van der Waals surface area contributed by atoms with Crippen molar-refractivity contribution in [3.8, 4) is 11.1 Å². The quantitative estimate of drug-likeness (QED) is 0.776. The molecule has 2 heterocycles. The molecule has 3 aromatic rings. The summed E-state index contributed by atoms with van der Waals surface area (Å²) in [5, 5.41) is 7.95. The highest BCUT2D eigenvalue weighted by Crippen LogP contribution is 2.40. The lowest BCUT2D eigenvalue weighted by Gasteiger charge is -2.07. The summed E-state index contributed by atoms with van der Waals surface area (Å²) in [7, 11) is 0. The molecule has 3 N–H and O–H groups in total. The third kappa shape index (κ3) is 2.19. The summed E-state index contributed by atoms with van der Waals surface area (Å²) in [6, 6.07) is 7.95. The Morgan fingerprint density at radius 3 is 2.77 bits per heavy atom. The second-order valence-electron chi connectivity index (χ2n) is 5.75. The maximum atomic E-state index is 11.9. The Morgan fingerprint density at radius 1 is 1.14 bits per heavy atom. The number of hydrogen-bond donors (Lipinski definition) is 2. The number of aromatic amines is 1. The van der Waals surface area contributed by atoms with Gasteiger partial charge in [-0.3, -0.25) is 9.78 Å². The Bertz CT molecular complexity index is 912. The third-order valence-electron chi connectivity index (χ3n) is 4.20. The summed E-state index contributed by atoms with van der Waals surface area (Å²) in [6.45, 7) is 0.289. The van der Waals surface area contributed by atoms with Crippen molar-refractivity contribution in [2.75, 3.05) is 0 Å². The lowest BCUT2D eigenvalue weighted by atomic mass is 10.0. The molecule has 1 aromatic carbocycles. The van der Waals surface area contributed by atoms with Crippen molar-refractivity contribution in [3.63, 3.8) is 0 Å². The Morgan fingerprint density at radius 2 is 2.00 bits per heavy atom. The molecule has 1 aliphatic rings. The van der Waals surface area contributed by atoms with Crippen LogP contribution in [0, 0.1) is 0 Å². The van der Waals surface area contributed by atoms with Crippen LogP contribution in [0.1, 0.15) is 30.0 Å². The Balaban J connectivity index is 1.88. The first-order valence-electron chi connectivity index (χ1n) is 7.43. The highest BCUT2D eigenvalue weighted by atomic mass is 16.1. The van der Waals surface area contributed by atoms with Crippen molar-refractivity contribution < 1.29 is 0 Å². The fraction of sp³-hybridized carbons (Fsp3) is 0.235. The van der Waals surface area contributed by atoms with E-state index < -0.39 is 0 Å². The first kappa shape index (κ1) is 13.2. The van der Waals surface area contributed by atoms with Crippen LogP contribution in [0.5, 0.6) is 0 Å². The van der Waals surface area contributed by atoms with Gasteiger partial charge in [-0.25, -0.2) is 5.10 Å². The Kier molecular flexibility index (Phi) is 3.01. The van der Waals surface area contributed by atoms with Crippen molar-refractivity contribution >= 4 is 10.8 Å². The van der Waals surface area contributed by atoms with Crippen molar-refractivity contribution in [2.24, 2.45) is 5.73 Å². The number of benzene rings is 1. The average molecular weight is 292 g/mol. The number of hydrogen-bond acceptors (Lipinski definition) is 4. The Labute approximate surface area is 127 Å². The molecular formula is C17H16N4O. The number of fused-ring (bicyclic) bond motifs is 1. The van der Waals surface area contributed by atoms with Gasteiger partial charge in [-0.15, -0.1) is 0 Å². The molecule has 5 nitrogen and oxygen atoms in total. The molecule has 22 heavy (non-hydrogen) atoms. The molecule has 0 bridgehead atoms. The molecule has 0 saturated heterocycles. The number of rotatable bonds is 3. The van der Waals surface area contributed by atoms with Gasteiger partial charge in [0.25, 0.3) is 5.56 Å². The zero-order valence-corrected chi connectivity index (χ0v) is 12.0. The number of aromatic nitrogens is 3. The smallest absolute Gasteiger partial charge is 0.272 e. The molecule has 1 saturated carbocycles. The van der Waals surface area contributed by atoms with Crippen LogP contribution in [0.2, 0.25) is 0 Å². The SMILES string of the molecule is NCc1n[nH]c(=O)c2ccc(-c3cncc(C4CC4)c3)cc12. The van der Waals surface area contributed by atoms with Crippen LogP contribution in [0.3, 0.4) is 0 Å². The Hall–Kier alpha value is -2.53. The molecule has 2 aromatic heterocycles. The summed E-state index contributed by atoms with van der Waals surface area (Å²) in [6.07, 6.45) is 6.30. The third-order valence-corrected chi connectivity index (χ3v) is 4.20. The van der Waals surface area contributed by atoms with Gasteiger partial charge in [-0.1, -0.05) is 6.07 Å². The van der Waals surface area contributed by atoms with Gasteiger partial charge < -0.3 is 5.73 Å². The van der Waals surface area contributed by atoms with Crippen LogP contribution >= 0.6 is 0 Å². The molecular weight excluding hydrogens is 276 g/mol. The van der Waals surface area contributed by atoms with E-state index in [4.69, 9.17) is 5.73 Å². The predicted molar refractivity (Wildman–Crippen MR) is 85.5 cm³/mol. The number of pyridine rings is 1. The van der Waals surface area contributed by atoms with E-state index in [1.807, 2.05) is 30.6 Å². The molecule has 5 heteroatoms. The summed E-state index contributed by atoms with van der Waals surface area (Å²) < 4.78 is 0. The second-order valence-corrected chi connectivity index (χ2v) is 5.75. The van der Waals surface area contributed by atoms with Gasteiger partial charge in [0.05, 0.1) is 11.1 Å². The minimum atomic E-state index is -0.191. The van der Waals surface area contributed by atoms with Crippen LogP contribution < -0.4 is 11.3 Å². The van der Waals surface area contributed by atoms with E-state index in [1.165, 1.54) is 18.4 Å². The highest BCUT2D eigenvalue weighted by Gasteiger charge is 2.24.